The van der Waals surface area contributed by atoms with Gasteiger partial charge >= 0.3 is 0 Å². The second-order valence-electron chi connectivity index (χ2n) is 10.5. The zero-order valence-corrected chi connectivity index (χ0v) is 21.7. The van der Waals surface area contributed by atoms with E-state index in [0.29, 0.717) is 30.4 Å². The summed E-state index contributed by atoms with van der Waals surface area (Å²) in [4.78, 5) is 16.2. The van der Waals surface area contributed by atoms with Gasteiger partial charge in [0.25, 0.3) is 5.91 Å². The summed E-state index contributed by atoms with van der Waals surface area (Å²) < 4.78 is 35.7. The van der Waals surface area contributed by atoms with E-state index in [0.717, 1.165) is 16.5 Å². The third-order valence-electron chi connectivity index (χ3n) is 6.66. The zero-order chi connectivity index (χ0) is 26.5. The number of amides is 1. The maximum Gasteiger partial charge on any atom is 0.287 e. The van der Waals surface area contributed by atoms with Gasteiger partial charge in [0.05, 0.1) is 6.61 Å². The molecule has 6 rings (SSSR count). The first kappa shape index (κ1) is 25.0. The molecule has 3 aromatic rings. The number of H-pyrrole nitrogens is 1. The molecular weight excluding hydrogens is 490 g/mol. The van der Waals surface area contributed by atoms with E-state index in [9.17, 15) is 4.79 Å². The van der Waals surface area contributed by atoms with Crippen LogP contribution in [0.5, 0.6) is 5.75 Å². The molecule has 0 unspecified atom stereocenters. The van der Waals surface area contributed by atoms with Crippen molar-refractivity contribution in [1.29, 1.82) is 0 Å². The second kappa shape index (κ2) is 9.48. The smallest absolute Gasteiger partial charge is 0.287 e. The standard InChI is InChI=1S/C28H31N3O7/c1-27(2)34-15-21(36-27)23-22(24-26(35-23)38-28(3,4)37-24)30-31-25(32)20-13-17-12-18(10-11-19(17)29-20)33-14-16-8-6-5-7-9-16/h5-13,21,23-24,26,29H,14-15H2,1-4H3,(H,31,32)/b30-22-/t21-,23+,24+,26-/m0/s1. The third kappa shape index (κ3) is 5.05. The lowest BCUT2D eigenvalue weighted by atomic mass is 10.1. The fraction of sp³-hybridized carbons (Fsp3) is 0.429. The van der Waals surface area contributed by atoms with Crippen molar-refractivity contribution in [2.75, 3.05) is 6.61 Å². The molecule has 4 heterocycles. The molecule has 4 atom stereocenters. The number of fused-ring (bicyclic) bond motifs is 2. The van der Waals surface area contributed by atoms with Crippen molar-refractivity contribution in [2.45, 2.75) is 70.5 Å². The Kier molecular flexibility index (Phi) is 6.24. The lowest BCUT2D eigenvalue weighted by Crippen LogP contribution is -2.41. The summed E-state index contributed by atoms with van der Waals surface area (Å²) in [5.74, 6) is -1.26. The van der Waals surface area contributed by atoms with Crippen LogP contribution in [0.25, 0.3) is 10.9 Å². The molecule has 0 bridgehead atoms. The molecule has 0 radical (unpaired) electrons. The molecule has 2 N–H and O–H groups in total. The minimum Gasteiger partial charge on any atom is -0.489 e. The van der Waals surface area contributed by atoms with Crippen molar-refractivity contribution in [3.05, 3.63) is 65.9 Å². The summed E-state index contributed by atoms with van der Waals surface area (Å²) in [6.45, 7) is 8.07. The molecule has 38 heavy (non-hydrogen) atoms. The fourth-order valence-electron chi connectivity index (χ4n) is 4.91. The highest BCUT2D eigenvalue weighted by Crippen LogP contribution is 2.39. The normalized spacial score (nSPS) is 28.6. The first-order chi connectivity index (χ1) is 18.2. The molecule has 0 spiro atoms. The van der Waals surface area contributed by atoms with Crippen molar-refractivity contribution in [3.8, 4) is 5.75 Å². The Morgan fingerprint density at radius 3 is 2.61 bits per heavy atom. The van der Waals surface area contributed by atoms with E-state index in [4.69, 9.17) is 28.4 Å². The van der Waals surface area contributed by atoms with Crippen molar-refractivity contribution < 1.29 is 33.2 Å². The molecule has 200 valence electrons. The van der Waals surface area contributed by atoms with E-state index in [1.165, 1.54) is 0 Å². The highest BCUT2D eigenvalue weighted by atomic mass is 16.8. The number of carbonyl (C=O) groups is 1. The minimum atomic E-state index is -0.838. The highest BCUT2D eigenvalue weighted by molar-refractivity contribution is 6.00. The Labute approximate surface area is 220 Å². The number of hydrogen-bond donors (Lipinski definition) is 2. The average molecular weight is 522 g/mol. The number of nitrogens with zero attached hydrogens (tertiary/aromatic N) is 1. The largest absolute Gasteiger partial charge is 0.489 e. The van der Waals surface area contributed by atoms with Crippen LogP contribution < -0.4 is 10.2 Å². The molecule has 0 aliphatic carbocycles. The van der Waals surface area contributed by atoms with E-state index < -0.39 is 42.1 Å². The van der Waals surface area contributed by atoms with E-state index in [2.05, 4.69) is 15.5 Å². The fourth-order valence-corrected chi connectivity index (χ4v) is 4.91. The van der Waals surface area contributed by atoms with Crippen LogP contribution in [-0.4, -0.2) is 59.4 Å². The van der Waals surface area contributed by atoms with Crippen LogP contribution in [0.4, 0.5) is 0 Å². The van der Waals surface area contributed by atoms with Gasteiger partial charge in [-0.2, -0.15) is 5.10 Å². The summed E-state index contributed by atoms with van der Waals surface area (Å²) in [6.07, 6.45) is -2.23. The monoisotopic (exact) mass is 521 g/mol. The second-order valence-corrected chi connectivity index (χ2v) is 10.5. The number of aromatic amines is 1. The number of aromatic nitrogens is 1. The predicted octanol–water partition coefficient (Wildman–Crippen LogP) is 3.86. The predicted molar refractivity (Wildman–Crippen MR) is 138 cm³/mol. The molecule has 3 fully saturated rings. The van der Waals surface area contributed by atoms with Gasteiger partial charge in [-0.05, 0) is 57.5 Å². The maximum absolute atomic E-state index is 13.1. The number of hydrazone groups is 1. The van der Waals surface area contributed by atoms with E-state index in [-0.39, 0.29) is 0 Å². The summed E-state index contributed by atoms with van der Waals surface area (Å²) in [5.41, 5.74) is 5.40. The van der Waals surface area contributed by atoms with Crippen LogP contribution in [0.15, 0.2) is 59.7 Å². The van der Waals surface area contributed by atoms with Crippen LogP contribution in [0.2, 0.25) is 0 Å². The number of carbonyl (C=O) groups excluding carboxylic acids is 1. The van der Waals surface area contributed by atoms with Crippen molar-refractivity contribution in [3.63, 3.8) is 0 Å². The third-order valence-corrected chi connectivity index (χ3v) is 6.66. The van der Waals surface area contributed by atoms with Crippen molar-refractivity contribution in [1.82, 2.24) is 10.4 Å². The summed E-state index contributed by atoms with van der Waals surface area (Å²) >= 11 is 0. The molecule has 3 aliphatic heterocycles. The van der Waals surface area contributed by atoms with Gasteiger partial charge in [0.1, 0.15) is 36.0 Å². The summed E-state index contributed by atoms with van der Waals surface area (Å²) in [5, 5.41) is 5.29. The van der Waals surface area contributed by atoms with Crippen LogP contribution in [0.1, 0.15) is 43.7 Å². The number of nitrogens with one attached hydrogen (secondary N) is 2. The molecule has 10 nitrogen and oxygen atoms in total. The van der Waals surface area contributed by atoms with Crippen LogP contribution in [-0.2, 0) is 30.3 Å². The Morgan fingerprint density at radius 1 is 1.03 bits per heavy atom. The Bertz CT molecular complexity index is 1370. The average Bonchev–Trinajstić information content (AvgIpc) is 3.62. The SMILES string of the molecule is CC1(C)OC[C@@H]([C@H]2O[C@H]3OC(C)(C)O[C@@H]3/C2=N\NC(=O)c2cc3cc(OCc4ccccc4)ccc3[nH]2)O1. The molecule has 3 aliphatic rings. The highest BCUT2D eigenvalue weighted by Gasteiger charge is 2.56. The Balaban J connectivity index is 1.18. The lowest BCUT2D eigenvalue weighted by Gasteiger charge is -2.24. The van der Waals surface area contributed by atoms with E-state index in [1.807, 2.05) is 62.4 Å². The van der Waals surface area contributed by atoms with Gasteiger partial charge in [-0.15, -0.1) is 0 Å². The van der Waals surface area contributed by atoms with Crippen molar-refractivity contribution in [2.24, 2.45) is 5.10 Å². The van der Waals surface area contributed by atoms with Crippen LogP contribution in [0, 0.1) is 0 Å². The van der Waals surface area contributed by atoms with Gasteiger partial charge in [-0.3, -0.25) is 4.79 Å². The quantitative estimate of drug-likeness (QED) is 0.474. The topological polar surface area (TPSA) is 113 Å². The Hall–Kier alpha value is -3.28. The molecule has 1 aromatic heterocycles. The first-order valence-electron chi connectivity index (χ1n) is 12.7. The minimum absolute atomic E-state index is 0.324. The van der Waals surface area contributed by atoms with Crippen molar-refractivity contribution >= 4 is 22.5 Å². The van der Waals surface area contributed by atoms with Gasteiger partial charge in [-0.1, -0.05) is 30.3 Å². The van der Waals surface area contributed by atoms with E-state index in [1.54, 1.807) is 19.9 Å². The molecular formula is C28H31N3O7. The van der Waals surface area contributed by atoms with Gasteiger partial charge in [0.15, 0.2) is 24.0 Å². The summed E-state index contributed by atoms with van der Waals surface area (Å²) in [7, 11) is 0. The molecule has 1 amide bonds. The number of benzene rings is 2. The zero-order valence-electron chi connectivity index (χ0n) is 21.7. The maximum atomic E-state index is 13.1. The molecule has 3 saturated heterocycles. The summed E-state index contributed by atoms with van der Waals surface area (Å²) in [6, 6.07) is 17.4. The van der Waals surface area contributed by atoms with Crippen LogP contribution >= 0.6 is 0 Å². The first-order valence-corrected chi connectivity index (χ1v) is 12.7. The Morgan fingerprint density at radius 2 is 1.84 bits per heavy atom. The number of ether oxygens (including phenoxy) is 6. The van der Waals surface area contributed by atoms with Gasteiger partial charge in [0, 0.05) is 10.9 Å². The van der Waals surface area contributed by atoms with E-state index >= 15 is 0 Å². The van der Waals surface area contributed by atoms with Crippen LogP contribution in [0.3, 0.4) is 0 Å². The van der Waals surface area contributed by atoms with Gasteiger partial charge in [0.2, 0.25) is 0 Å². The van der Waals surface area contributed by atoms with Gasteiger partial charge < -0.3 is 33.4 Å². The molecule has 0 saturated carbocycles. The molecule has 10 heteroatoms. The van der Waals surface area contributed by atoms with Gasteiger partial charge in [-0.25, -0.2) is 5.43 Å². The number of hydrogen-bond acceptors (Lipinski definition) is 8. The lowest BCUT2D eigenvalue weighted by molar-refractivity contribution is -0.211. The molecule has 2 aromatic carbocycles. The number of rotatable bonds is 6.